The molecule has 1 aromatic carbocycles. The van der Waals surface area contributed by atoms with E-state index in [4.69, 9.17) is 5.11 Å². The molecule has 1 unspecified atom stereocenters. The molecule has 0 spiro atoms. The van der Waals surface area contributed by atoms with Gasteiger partial charge in [0.25, 0.3) is 0 Å². The van der Waals surface area contributed by atoms with Crippen LogP contribution in [0.4, 0.5) is 0 Å². The van der Waals surface area contributed by atoms with Gasteiger partial charge in [-0.2, -0.15) is 0 Å². The minimum atomic E-state index is -1.43. The molecule has 0 bridgehead atoms. The lowest BCUT2D eigenvalue weighted by Gasteiger charge is -2.16. The van der Waals surface area contributed by atoms with Crippen molar-refractivity contribution in [1.29, 1.82) is 0 Å². The molecule has 1 rings (SSSR count). The highest BCUT2D eigenvalue weighted by Crippen LogP contribution is 2.26. The van der Waals surface area contributed by atoms with Crippen molar-refractivity contribution in [2.24, 2.45) is 0 Å². The van der Waals surface area contributed by atoms with Gasteiger partial charge in [-0.3, -0.25) is 0 Å². The normalized spacial score (nSPS) is 12.9. The number of aliphatic carboxylic acids is 1. The first-order chi connectivity index (χ1) is 7.34. The smallest absolute Gasteiger partial charge is 0.337 e. The molecule has 88 valence electrons. The lowest BCUT2D eigenvalue weighted by molar-refractivity contribution is -0.147. The van der Waals surface area contributed by atoms with Crippen molar-refractivity contribution in [2.45, 2.75) is 39.7 Å². The number of carboxylic acid groups (broad SMARTS) is 1. The van der Waals surface area contributed by atoms with E-state index in [9.17, 15) is 9.90 Å². The average Bonchev–Trinajstić information content (AvgIpc) is 2.20. The van der Waals surface area contributed by atoms with Crippen LogP contribution in [0.2, 0.25) is 0 Å². The molecular formula is C13H18O3. The van der Waals surface area contributed by atoms with E-state index in [1.54, 1.807) is 6.07 Å². The third kappa shape index (κ3) is 2.42. The van der Waals surface area contributed by atoms with Crippen molar-refractivity contribution in [3.8, 4) is 0 Å². The number of carbonyl (C=O) groups is 1. The Morgan fingerprint density at radius 3 is 2.25 bits per heavy atom. The van der Waals surface area contributed by atoms with E-state index in [1.807, 2.05) is 33.8 Å². The van der Waals surface area contributed by atoms with E-state index >= 15 is 0 Å². The number of rotatable bonds is 3. The maximum Gasteiger partial charge on any atom is 0.337 e. The summed E-state index contributed by atoms with van der Waals surface area (Å²) in [5.74, 6) is -0.887. The topological polar surface area (TPSA) is 57.5 Å². The summed E-state index contributed by atoms with van der Waals surface area (Å²) >= 11 is 0. The maximum absolute atomic E-state index is 10.8. The zero-order valence-corrected chi connectivity index (χ0v) is 10.1. The Labute approximate surface area is 95.7 Å². The van der Waals surface area contributed by atoms with Crippen molar-refractivity contribution in [1.82, 2.24) is 0 Å². The minimum absolute atomic E-state index is 0.319. The molecule has 0 saturated carbocycles. The van der Waals surface area contributed by atoms with E-state index in [0.29, 0.717) is 11.5 Å². The second-order valence-electron chi connectivity index (χ2n) is 4.45. The van der Waals surface area contributed by atoms with Crippen molar-refractivity contribution < 1.29 is 15.0 Å². The second kappa shape index (κ2) is 4.66. The molecule has 0 amide bonds. The summed E-state index contributed by atoms with van der Waals surface area (Å²) in [6.45, 7) is 7.85. The van der Waals surface area contributed by atoms with Gasteiger partial charge >= 0.3 is 5.97 Å². The zero-order chi connectivity index (χ0) is 12.5. The lowest BCUT2D eigenvalue weighted by atomic mass is 9.92. The van der Waals surface area contributed by atoms with Gasteiger partial charge in [0.15, 0.2) is 6.10 Å². The number of hydrogen-bond donors (Lipinski definition) is 2. The van der Waals surface area contributed by atoms with E-state index in [0.717, 1.165) is 16.7 Å². The monoisotopic (exact) mass is 222 g/mol. The van der Waals surface area contributed by atoms with Crippen LogP contribution in [0.25, 0.3) is 0 Å². The summed E-state index contributed by atoms with van der Waals surface area (Å²) in [5.41, 5.74) is 3.41. The highest BCUT2D eigenvalue weighted by atomic mass is 16.4. The number of aliphatic hydroxyl groups is 1. The highest BCUT2D eigenvalue weighted by Gasteiger charge is 2.20. The fourth-order valence-corrected chi connectivity index (χ4v) is 1.67. The Balaban J connectivity index is 3.32. The fourth-order valence-electron chi connectivity index (χ4n) is 1.67. The summed E-state index contributed by atoms with van der Waals surface area (Å²) in [4.78, 5) is 10.8. The van der Waals surface area contributed by atoms with Gasteiger partial charge in [0, 0.05) is 0 Å². The zero-order valence-electron chi connectivity index (χ0n) is 10.1. The van der Waals surface area contributed by atoms with Crippen LogP contribution in [-0.4, -0.2) is 16.2 Å². The van der Waals surface area contributed by atoms with Crippen LogP contribution in [0, 0.1) is 13.8 Å². The number of carboxylic acids is 1. The largest absolute Gasteiger partial charge is 0.479 e. The van der Waals surface area contributed by atoms with Crippen LogP contribution < -0.4 is 0 Å². The van der Waals surface area contributed by atoms with Gasteiger partial charge in [0.05, 0.1) is 0 Å². The third-order valence-electron chi connectivity index (χ3n) is 2.93. The average molecular weight is 222 g/mol. The standard InChI is InChI=1S/C13H18O3/c1-7(2)10-5-8(3)9(4)11(6-10)12(14)13(15)16/h5-7,12,14H,1-4H3,(H,15,16). The van der Waals surface area contributed by atoms with Gasteiger partial charge in [-0.1, -0.05) is 26.0 Å². The van der Waals surface area contributed by atoms with Crippen LogP contribution in [0.15, 0.2) is 12.1 Å². The summed E-state index contributed by atoms with van der Waals surface area (Å²) in [7, 11) is 0. The van der Waals surface area contributed by atoms with E-state index in [-0.39, 0.29) is 0 Å². The first kappa shape index (κ1) is 12.7. The van der Waals surface area contributed by atoms with Crippen LogP contribution in [-0.2, 0) is 4.79 Å². The molecule has 0 aliphatic rings. The van der Waals surface area contributed by atoms with Crippen LogP contribution in [0.3, 0.4) is 0 Å². The van der Waals surface area contributed by atoms with E-state index in [1.165, 1.54) is 0 Å². The molecule has 0 aromatic heterocycles. The molecule has 0 radical (unpaired) electrons. The summed E-state index contributed by atoms with van der Waals surface area (Å²) in [6, 6.07) is 3.82. The van der Waals surface area contributed by atoms with Gasteiger partial charge in [0.2, 0.25) is 0 Å². The van der Waals surface area contributed by atoms with Crippen molar-refractivity contribution in [3.05, 3.63) is 34.4 Å². The van der Waals surface area contributed by atoms with Gasteiger partial charge in [0.1, 0.15) is 0 Å². The summed E-state index contributed by atoms with van der Waals surface area (Å²) in [6.07, 6.45) is -1.43. The van der Waals surface area contributed by atoms with Gasteiger partial charge in [-0.05, 0) is 42.0 Å². The van der Waals surface area contributed by atoms with Gasteiger partial charge < -0.3 is 10.2 Å². The predicted octanol–water partition coefficient (Wildman–Crippen LogP) is 2.54. The van der Waals surface area contributed by atoms with Crippen LogP contribution >= 0.6 is 0 Å². The highest BCUT2D eigenvalue weighted by molar-refractivity contribution is 5.75. The van der Waals surface area contributed by atoms with E-state index < -0.39 is 12.1 Å². The van der Waals surface area contributed by atoms with Crippen molar-refractivity contribution in [3.63, 3.8) is 0 Å². The number of aryl methyl sites for hydroxylation is 1. The Morgan fingerprint density at radius 2 is 1.81 bits per heavy atom. The minimum Gasteiger partial charge on any atom is -0.479 e. The predicted molar refractivity (Wildman–Crippen MR) is 62.6 cm³/mol. The molecule has 1 aromatic rings. The van der Waals surface area contributed by atoms with Crippen LogP contribution in [0.1, 0.15) is 48.1 Å². The molecule has 0 aliphatic heterocycles. The Bertz CT molecular complexity index is 408. The lowest BCUT2D eigenvalue weighted by Crippen LogP contribution is -2.13. The molecule has 0 fully saturated rings. The molecule has 0 saturated heterocycles. The summed E-state index contributed by atoms with van der Waals surface area (Å²) < 4.78 is 0. The molecular weight excluding hydrogens is 204 g/mol. The first-order valence-corrected chi connectivity index (χ1v) is 5.36. The van der Waals surface area contributed by atoms with Crippen molar-refractivity contribution >= 4 is 5.97 Å². The fraction of sp³-hybridized carbons (Fsp3) is 0.462. The second-order valence-corrected chi connectivity index (χ2v) is 4.45. The third-order valence-corrected chi connectivity index (χ3v) is 2.93. The number of benzene rings is 1. The Kier molecular flexibility index (Phi) is 3.70. The number of aliphatic hydroxyl groups excluding tert-OH is 1. The molecule has 0 aliphatic carbocycles. The SMILES string of the molecule is Cc1cc(C(C)C)cc(C(O)C(=O)O)c1C. The molecule has 0 heterocycles. The number of hydrogen-bond acceptors (Lipinski definition) is 2. The quantitative estimate of drug-likeness (QED) is 0.826. The maximum atomic E-state index is 10.8. The van der Waals surface area contributed by atoms with Crippen molar-refractivity contribution in [2.75, 3.05) is 0 Å². The first-order valence-electron chi connectivity index (χ1n) is 5.36. The molecule has 1 atom stereocenters. The summed E-state index contributed by atoms with van der Waals surface area (Å²) in [5, 5.41) is 18.4. The molecule has 3 heteroatoms. The van der Waals surface area contributed by atoms with Gasteiger partial charge in [-0.15, -0.1) is 0 Å². The van der Waals surface area contributed by atoms with Gasteiger partial charge in [-0.25, -0.2) is 4.79 Å². The molecule has 2 N–H and O–H groups in total. The Hall–Kier alpha value is -1.35. The molecule has 16 heavy (non-hydrogen) atoms. The van der Waals surface area contributed by atoms with E-state index in [2.05, 4.69) is 0 Å². The Morgan fingerprint density at radius 1 is 1.25 bits per heavy atom. The molecule has 3 nitrogen and oxygen atoms in total. The van der Waals surface area contributed by atoms with Crippen LogP contribution in [0.5, 0.6) is 0 Å².